The molecule has 0 atom stereocenters. The van der Waals surface area contributed by atoms with Crippen molar-refractivity contribution in [2.24, 2.45) is 0 Å². The van der Waals surface area contributed by atoms with Crippen LogP contribution in [0.3, 0.4) is 0 Å². The first-order valence-electron chi connectivity index (χ1n) is 11.0. The van der Waals surface area contributed by atoms with Crippen LogP contribution in [0.1, 0.15) is 41.9 Å². The Bertz CT molecular complexity index is 1220. The molecular weight excluding hydrogens is 464 g/mol. The molecule has 2 aliphatic rings. The highest BCUT2D eigenvalue weighted by atomic mass is 35.5. The number of thioether (sulfide) groups is 1. The summed E-state index contributed by atoms with van der Waals surface area (Å²) in [5.41, 5.74) is 2.91. The summed E-state index contributed by atoms with van der Waals surface area (Å²) >= 11 is 9.26. The zero-order valence-electron chi connectivity index (χ0n) is 17.7. The van der Waals surface area contributed by atoms with Gasteiger partial charge < -0.3 is 15.2 Å². The number of rotatable bonds is 6. The van der Waals surface area contributed by atoms with E-state index in [-0.39, 0.29) is 17.2 Å². The number of aromatic amines is 1. The second kappa shape index (κ2) is 9.45. The average Bonchev–Trinajstić information content (AvgIpc) is 3.41. The van der Waals surface area contributed by atoms with Gasteiger partial charge in [-0.25, -0.2) is 4.98 Å². The molecule has 32 heavy (non-hydrogen) atoms. The lowest BCUT2D eigenvalue weighted by atomic mass is 9.97. The molecule has 1 fully saturated rings. The van der Waals surface area contributed by atoms with Crippen LogP contribution in [-0.4, -0.2) is 34.7 Å². The summed E-state index contributed by atoms with van der Waals surface area (Å²) in [7, 11) is 0. The van der Waals surface area contributed by atoms with E-state index in [0.29, 0.717) is 16.6 Å². The van der Waals surface area contributed by atoms with Gasteiger partial charge in [0.15, 0.2) is 0 Å². The molecule has 9 heteroatoms. The third kappa shape index (κ3) is 4.54. The fourth-order valence-electron chi connectivity index (χ4n) is 4.55. The van der Waals surface area contributed by atoms with Crippen molar-refractivity contribution in [2.75, 3.05) is 29.1 Å². The summed E-state index contributed by atoms with van der Waals surface area (Å²) in [6, 6.07) is 5.64. The molecule has 6 nitrogen and oxygen atoms in total. The van der Waals surface area contributed by atoms with Crippen LogP contribution in [0.2, 0.25) is 5.02 Å². The molecule has 0 spiro atoms. The normalized spacial score (nSPS) is 15.8. The van der Waals surface area contributed by atoms with E-state index >= 15 is 0 Å². The fraction of sp³-hybridized carbons (Fsp3) is 0.435. The molecule has 0 unspecified atom stereocenters. The lowest BCUT2D eigenvalue weighted by Crippen LogP contribution is -2.22. The Morgan fingerprint density at radius 2 is 2.03 bits per heavy atom. The van der Waals surface area contributed by atoms with Gasteiger partial charge in [0.05, 0.1) is 28.3 Å². The number of benzene rings is 1. The van der Waals surface area contributed by atoms with E-state index in [2.05, 4.69) is 20.2 Å². The number of carbonyl (C=O) groups excluding carboxylic acids is 1. The van der Waals surface area contributed by atoms with Gasteiger partial charge in [-0.15, -0.1) is 23.1 Å². The summed E-state index contributed by atoms with van der Waals surface area (Å²) < 4.78 is 0. The van der Waals surface area contributed by atoms with Gasteiger partial charge in [0.25, 0.3) is 5.56 Å². The van der Waals surface area contributed by atoms with Gasteiger partial charge in [0, 0.05) is 23.0 Å². The van der Waals surface area contributed by atoms with Gasteiger partial charge in [-0.05, 0) is 62.3 Å². The van der Waals surface area contributed by atoms with Crippen molar-refractivity contribution >= 4 is 62.2 Å². The van der Waals surface area contributed by atoms with Crippen LogP contribution in [0.15, 0.2) is 23.0 Å². The predicted octanol–water partition coefficient (Wildman–Crippen LogP) is 4.99. The van der Waals surface area contributed by atoms with E-state index in [1.165, 1.54) is 28.6 Å². The highest BCUT2D eigenvalue weighted by Gasteiger charge is 2.20. The monoisotopic (exact) mass is 488 g/mol. The number of thiophene rings is 1. The van der Waals surface area contributed by atoms with Crippen LogP contribution in [0, 0.1) is 0 Å². The molecular formula is C23H25ClN4O2S2. The Morgan fingerprint density at radius 3 is 2.88 bits per heavy atom. The number of halogens is 1. The van der Waals surface area contributed by atoms with E-state index in [9.17, 15) is 9.59 Å². The number of hydrogen-bond donors (Lipinski definition) is 2. The van der Waals surface area contributed by atoms with Gasteiger partial charge in [-0.3, -0.25) is 9.59 Å². The topological polar surface area (TPSA) is 78.1 Å². The number of nitrogens with zero attached hydrogens (tertiary/aromatic N) is 2. The number of H-pyrrole nitrogens is 1. The second-order valence-corrected chi connectivity index (χ2v) is 10.8. The van der Waals surface area contributed by atoms with E-state index in [1.54, 1.807) is 11.3 Å². The van der Waals surface area contributed by atoms with Crippen molar-refractivity contribution in [1.82, 2.24) is 9.97 Å². The standard InChI is InChI=1S/C23H25ClN4O2S2/c24-14-7-8-17(28-9-3-4-10-28)16(11-14)25-20(29)13-31-12-19-26-22(30)21-15-5-1-2-6-18(15)32-23(21)27-19/h7-8,11H,1-6,9-10,12-13H2,(H,25,29)(H,26,27,30). The summed E-state index contributed by atoms with van der Waals surface area (Å²) in [4.78, 5) is 37.3. The Hall–Kier alpha value is -2.03. The number of hydrogen-bond acceptors (Lipinski definition) is 6. The van der Waals surface area contributed by atoms with Gasteiger partial charge in [-0.2, -0.15) is 0 Å². The number of amides is 1. The predicted molar refractivity (Wildman–Crippen MR) is 135 cm³/mol. The molecule has 0 radical (unpaired) electrons. The lowest BCUT2D eigenvalue weighted by molar-refractivity contribution is -0.113. The van der Waals surface area contributed by atoms with Crippen molar-refractivity contribution in [3.05, 3.63) is 49.8 Å². The molecule has 1 aliphatic heterocycles. The maximum Gasteiger partial charge on any atom is 0.259 e. The fourth-order valence-corrected chi connectivity index (χ4v) is 6.69. The Morgan fingerprint density at radius 1 is 1.22 bits per heavy atom. The third-order valence-corrected chi connectivity index (χ3v) is 8.39. The minimum Gasteiger partial charge on any atom is -0.370 e. The minimum absolute atomic E-state index is 0.0522. The molecule has 0 bridgehead atoms. The summed E-state index contributed by atoms with van der Waals surface area (Å²) in [6.07, 6.45) is 6.66. The Kier molecular flexibility index (Phi) is 6.44. The van der Waals surface area contributed by atoms with Gasteiger partial charge in [0.1, 0.15) is 10.7 Å². The average molecular weight is 489 g/mol. The Labute approximate surface area is 199 Å². The smallest absolute Gasteiger partial charge is 0.259 e. The number of aryl methyl sites for hydroxylation is 2. The van der Waals surface area contributed by atoms with Crippen molar-refractivity contribution < 1.29 is 4.79 Å². The third-order valence-electron chi connectivity index (χ3n) is 6.03. The summed E-state index contributed by atoms with van der Waals surface area (Å²) in [5, 5.41) is 4.38. The van der Waals surface area contributed by atoms with Crippen LogP contribution in [0.5, 0.6) is 0 Å². The molecule has 5 rings (SSSR count). The van der Waals surface area contributed by atoms with E-state index in [4.69, 9.17) is 11.6 Å². The lowest BCUT2D eigenvalue weighted by Gasteiger charge is -2.21. The van der Waals surface area contributed by atoms with Crippen molar-refractivity contribution in [3.8, 4) is 0 Å². The van der Waals surface area contributed by atoms with Crippen LogP contribution in [0.25, 0.3) is 10.2 Å². The number of aromatic nitrogens is 2. The first-order valence-corrected chi connectivity index (χ1v) is 13.4. The quantitative estimate of drug-likeness (QED) is 0.511. The molecule has 1 saturated heterocycles. The van der Waals surface area contributed by atoms with Crippen molar-refractivity contribution in [1.29, 1.82) is 0 Å². The highest BCUT2D eigenvalue weighted by molar-refractivity contribution is 7.99. The number of fused-ring (bicyclic) bond motifs is 3. The maximum atomic E-state index is 12.7. The van der Waals surface area contributed by atoms with Gasteiger partial charge in [-0.1, -0.05) is 11.6 Å². The van der Waals surface area contributed by atoms with E-state index in [0.717, 1.165) is 66.8 Å². The van der Waals surface area contributed by atoms with Gasteiger partial charge >= 0.3 is 0 Å². The molecule has 2 aromatic heterocycles. The van der Waals surface area contributed by atoms with Crippen LogP contribution >= 0.6 is 34.7 Å². The van der Waals surface area contributed by atoms with Crippen LogP contribution < -0.4 is 15.8 Å². The molecule has 168 valence electrons. The number of anilines is 2. The molecule has 3 heterocycles. The maximum absolute atomic E-state index is 12.7. The van der Waals surface area contributed by atoms with Gasteiger partial charge in [0.2, 0.25) is 5.91 Å². The van der Waals surface area contributed by atoms with Crippen molar-refractivity contribution in [2.45, 2.75) is 44.3 Å². The number of carbonyl (C=O) groups is 1. The molecule has 1 amide bonds. The largest absolute Gasteiger partial charge is 0.370 e. The zero-order chi connectivity index (χ0) is 22.1. The Balaban J connectivity index is 1.23. The molecule has 1 aromatic carbocycles. The first-order chi connectivity index (χ1) is 15.6. The molecule has 2 N–H and O–H groups in total. The SMILES string of the molecule is O=C(CSCc1nc2sc3c(c2c(=O)[nH]1)CCCC3)Nc1cc(Cl)ccc1N1CCCC1. The van der Waals surface area contributed by atoms with Crippen LogP contribution in [0.4, 0.5) is 11.4 Å². The molecule has 1 aliphatic carbocycles. The van der Waals surface area contributed by atoms with Crippen LogP contribution in [-0.2, 0) is 23.4 Å². The first kappa shape index (κ1) is 21.8. The summed E-state index contributed by atoms with van der Waals surface area (Å²) in [6.45, 7) is 1.99. The summed E-state index contributed by atoms with van der Waals surface area (Å²) in [5.74, 6) is 1.29. The second-order valence-electron chi connectivity index (χ2n) is 8.30. The van der Waals surface area contributed by atoms with E-state index in [1.807, 2.05) is 18.2 Å². The van der Waals surface area contributed by atoms with Crippen molar-refractivity contribution in [3.63, 3.8) is 0 Å². The molecule has 3 aromatic rings. The van der Waals surface area contributed by atoms with E-state index < -0.39 is 0 Å². The highest BCUT2D eigenvalue weighted by Crippen LogP contribution is 2.34. The minimum atomic E-state index is -0.0901. The zero-order valence-corrected chi connectivity index (χ0v) is 20.1. The number of nitrogens with one attached hydrogen (secondary N) is 2. The molecule has 0 saturated carbocycles.